The van der Waals surface area contributed by atoms with Crippen LogP contribution in [0.25, 0.3) is 0 Å². The Morgan fingerprint density at radius 1 is 1.00 bits per heavy atom. The maximum atomic E-state index is 12.1. The topological polar surface area (TPSA) is 26.8 Å². The van der Waals surface area contributed by atoms with Crippen LogP contribution in [0.15, 0.2) is 30.3 Å². The molecule has 2 aliphatic heterocycles. The molecule has 0 aliphatic carbocycles. The Kier molecular flexibility index (Phi) is 6.13. The van der Waals surface area contributed by atoms with Crippen molar-refractivity contribution in [3.05, 3.63) is 35.9 Å². The third kappa shape index (κ3) is 4.42. The van der Waals surface area contributed by atoms with Crippen LogP contribution in [-0.4, -0.2) is 72.5 Å². The van der Waals surface area contributed by atoms with E-state index >= 15 is 0 Å². The minimum absolute atomic E-state index is 0.265. The number of piperazine rings is 1. The molecule has 2 saturated heterocycles. The van der Waals surface area contributed by atoms with Gasteiger partial charge in [-0.15, -0.1) is 0 Å². The fourth-order valence-electron chi connectivity index (χ4n) is 4.42. The molecule has 1 aromatic rings. The summed E-state index contributed by atoms with van der Waals surface area (Å²) in [6.07, 6.45) is 5.21. The molecular formula is C21H33N3O. The Morgan fingerprint density at radius 3 is 2.24 bits per heavy atom. The molecule has 0 saturated carbocycles. The fourth-order valence-corrected chi connectivity index (χ4v) is 4.42. The van der Waals surface area contributed by atoms with E-state index in [1.165, 1.54) is 12.0 Å². The number of piperidine rings is 1. The largest absolute Gasteiger partial charge is 0.343 e. The SMILES string of the molecule is CCC(=O)N1CCC(CCc2ccccc2)(N2CCN(C)CC2)CC1. The van der Waals surface area contributed by atoms with Crippen molar-refractivity contribution in [2.75, 3.05) is 46.3 Å². The molecule has 1 aromatic carbocycles. The normalized spacial score (nSPS) is 22.1. The zero-order valence-electron chi connectivity index (χ0n) is 15.9. The second-order valence-corrected chi connectivity index (χ2v) is 7.73. The number of likely N-dealkylation sites (tertiary alicyclic amines) is 1. The number of nitrogens with zero attached hydrogens (tertiary/aromatic N) is 3. The van der Waals surface area contributed by atoms with E-state index in [-0.39, 0.29) is 5.54 Å². The zero-order valence-corrected chi connectivity index (χ0v) is 15.9. The molecule has 0 spiro atoms. The summed E-state index contributed by atoms with van der Waals surface area (Å²) < 4.78 is 0. The van der Waals surface area contributed by atoms with E-state index in [0.29, 0.717) is 12.3 Å². The number of carbonyl (C=O) groups excluding carboxylic acids is 1. The highest BCUT2D eigenvalue weighted by Gasteiger charge is 2.40. The molecule has 3 rings (SSSR count). The van der Waals surface area contributed by atoms with E-state index in [1.807, 2.05) is 6.92 Å². The number of hydrogen-bond donors (Lipinski definition) is 0. The molecule has 25 heavy (non-hydrogen) atoms. The van der Waals surface area contributed by atoms with Gasteiger partial charge < -0.3 is 9.80 Å². The lowest BCUT2D eigenvalue weighted by atomic mass is 9.80. The van der Waals surface area contributed by atoms with Gasteiger partial charge in [0.05, 0.1) is 0 Å². The monoisotopic (exact) mass is 343 g/mol. The summed E-state index contributed by atoms with van der Waals surface area (Å²) in [7, 11) is 2.22. The second kappa shape index (κ2) is 8.33. The summed E-state index contributed by atoms with van der Waals surface area (Å²) in [5, 5.41) is 0. The lowest BCUT2D eigenvalue weighted by Gasteiger charge is -2.51. The zero-order chi connectivity index (χ0) is 17.7. The van der Waals surface area contributed by atoms with Gasteiger partial charge in [-0.3, -0.25) is 9.69 Å². The quantitative estimate of drug-likeness (QED) is 0.822. The highest BCUT2D eigenvalue weighted by molar-refractivity contribution is 5.75. The molecule has 4 nitrogen and oxygen atoms in total. The van der Waals surface area contributed by atoms with Crippen molar-refractivity contribution in [2.24, 2.45) is 0 Å². The fraction of sp³-hybridized carbons (Fsp3) is 0.667. The number of benzene rings is 1. The predicted molar refractivity (Wildman–Crippen MR) is 103 cm³/mol. The van der Waals surface area contributed by atoms with E-state index in [0.717, 1.165) is 58.5 Å². The third-order valence-electron chi connectivity index (χ3n) is 6.25. The molecule has 0 atom stereocenters. The molecule has 4 heteroatoms. The first-order valence-electron chi connectivity index (χ1n) is 9.88. The molecule has 2 aliphatic rings. The molecule has 0 bridgehead atoms. The van der Waals surface area contributed by atoms with Gasteiger partial charge in [-0.2, -0.15) is 0 Å². The van der Waals surface area contributed by atoms with Crippen molar-refractivity contribution in [3.8, 4) is 0 Å². The molecule has 0 radical (unpaired) electrons. The Labute approximate surface area is 152 Å². The number of aryl methyl sites for hydroxylation is 1. The standard InChI is InChI=1S/C21H33N3O/c1-3-20(25)23-13-11-21(12-14-23,24-17-15-22(2)16-18-24)10-9-19-7-5-4-6-8-19/h4-8H,3,9-18H2,1-2H3. The molecule has 0 unspecified atom stereocenters. The molecule has 1 amide bonds. The summed E-state index contributed by atoms with van der Waals surface area (Å²) in [6.45, 7) is 8.46. The van der Waals surface area contributed by atoms with E-state index in [4.69, 9.17) is 0 Å². The molecule has 0 aromatic heterocycles. The average Bonchev–Trinajstić information content (AvgIpc) is 2.67. The summed E-state index contributed by atoms with van der Waals surface area (Å²) in [4.78, 5) is 19.3. The van der Waals surface area contributed by atoms with Crippen LogP contribution in [0, 0.1) is 0 Å². The van der Waals surface area contributed by atoms with E-state index in [2.05, 4.69) is 52.1 Å². The van der Waals surface area contributed by atoms with Crippen molar-refractivity contribution < 1.29 is 4.79 Å². The second-order valence-electron chi connectivity index (χ2n) is 7.73. The summed E-state index contributed by atoms with van der Waals surface area (Å²) >= 11 is 0. The van der Waals surface area contributed by atoms with E-state index in [1.54, 1.807) is 0 Å². The van der Waals surface area contributed by atoms with Crippen LogP contribution in [0.2, 0.25) is 0 Å². The van der Waals surface area contributed by atoms with Crippen molar-refractivity contribution in [1.29, 1.82) is 0 Å². The van der Waals surface area contributed by atoms with Crippen LogP contribution in [0.5, 0.6) is 0 Å². The van der Waals surface area contributed by atoms with Gasteiger partial charge in [-0.1, -0.05) is 37.3 Å². The van der Waals surface area contributed by atoms with Crippen LogP contribution in [0.3, 0.4) is 0 Å². The third-order valence-corrected chi connectivity index (χ3v) is 6.25. The number of likely N-dealkylation sites (N-methyl/N-ethyl adjacent to an activating group) is 1. The Balaban J connectivity index is 1.69. The Bertz CT molecular complexity index is 544. The van der Waals surface area contributed by atoms with Crippen LogP contribution in [-0.2, 0) is 11.2 Å². The highest BCUT2D eigenvalue weighted by atomic mass is 16.2. The van der Waals surface area contributed by atoms with Crippen molar-refractivity contribution in [3.63, 3.8) is 0 Å². The molecule has 2 heterocycles. The number of carbonyl (C=O) groups is 1. The average molecular weight is 344 g/mol. The van der Waals surface area contributed by atoms with Crippen molar-refractivity contribution in [1.82, 2.24) is 14.7 Å². The number of rotatable bonds is 5. The summed E-state index contributed by atoms with van der Waals surface area (Å²) in [5.74, 6) is 0.315. The van der Waals surface area contributed by atoms with Gasteiger partial charge in [0.2, 0.25) is 5.91 Å². The molecule has 2 fully saturated rings. The summed E-state index contributed by atoms with van der Waals surface area (Å²) in [6, 6.07) is 10.9. The maximum absolute atomic E-state index is 12.1. The van der Waals surface area contributed by atoms with Crippen LogP contribution < -0.4 is 0 Å². The lowest BCUT2D eigenvalue weighted by molar-refractivity contribution is -0.134. The first kappa shape index (κ1) is 18.4. The van der Waals surface area contributed by atoms with E-state index < -0.39 is 0 Å². The van der Waals surface area contributed by atoms with Gasteiger partial charge in [0.15, 0.2) is 0 Å². The van der Waals surface area contributed by atoms with Crippen LogP contribution >= 0.6 is 0 Å². The molecule has 138 valence electrons. The number of hydrogen-bond acceptors (Lipinski definition) is 3. The van der Waals surface area contributed by atoms with E-state index in [9.17, 15) is 4.79 Å². The first-order valence-corrected chi connectivity index (χ1v) is 9.88. The molecular weight excluding hydrogens is 310 g/mol. The first-order chi connectivity index (χ1) is 12.1. The minimum Gasteiger partial charge on any atom is -0.343 e. The minimum atomic E-state index is 0.265. The van der Waals surface area contributed by atoms with Gasteiger partial charge in [0.25, 0.3) is 0 Å². The van der Waals surface area contributed by atoms with Crippen LogP contribution in [0.4, 0.5) is 0 Å². The van der Waals surface area contributed by atoms with Gasteiger partial charge in [-0.05, 0) is 38.3 Å². The summed E-state index contributed by atoms with van der Waals surface area (Å²) in [5.41, 5.74) is 1.70. The Morgan fingerprint density at radius 2 is 1.64 bits per heavy atom. The molecule has 0 N–H and O–H groups in total. The van der Waals surface area contributed by atoms with Crippen LogP contribution in [0.1, 0.15) is 38.2 Å². The smallest absolute Gasteiger partial charge is 0.222 e. The predicted octanol–water partition coefficient (Wildman–Crippen LogP) is 2.64. The lowest BCUT2D eigenvalue weighted by Crippen LogP contribution is -2.60. The van der Waals surface area contributed by atoms with Crippen molar-refractivity contribution >= 4 is 5.91 Å². The number of amides is 1. The maximum Gasteiger partial charge on any atom is 0.222 e. The highest BCUT2D eigenvalue weighted by Crippen LogP contribution is 2.34. The van der Waals surface area contributed by atoms with Crippen molar-refractivity contribution in [2.45, 2.75) is 44.6 Å². The Hall–Kier alpha value is -1.39. The van der Waals surface area contributed by atoms with Gasteiger partial charge >= 0.3 is 0 Å². The van der Waals surface area contributed by atoms with Gasteiger partial charge in [-0.25, -0.2) is 0 Å². The van der Waals surface area contributed by atoms with Gasteiger partial charge in [0.1, 0.15) is 0 Å². The van der Waals surface area contributed by atoms with Gasteiger partial charge in [0, 0.05) is 51.2 Å².